The van der Waals surface area contributed by atoms with Crippen LogP contribution in [0.1, 0.15) is 19.3 Å². The zero-order valence-corrected chi connectivity index (χ0v) is 12.2. The molecule has 3 rings (SSSR count). The Morgan fingerprint density at radius 1 is 1.20 bits per heavy atom. The molecule has 1 unspecified atom stereocenters. The first-order valence-electron chi connectivity index (χ1n) is 7.98. The average Bonchev–Trinajstić information content (AvgIpc) is 2.95. The number of anilines is 1. The van der Waals surface area contributed by atoms with Crippen LogP contribution in [0.5, 0.6) is 0 Å². The highest BCUT2D eigenvalue weighted by Crippen LogP contribution is 2.21. The summed E-state index contributed by atoms with van der Waals surface area (Å²) in [6, 6.07) is 6.04. The van der Waals surface area contributed by atoms with Gasteiger partial charge in [-0.2, -0.15) is 0 Å². The number of piperidine rings is 1. The van der Waals surface area contributed by atoms with Crippen LogP contribution < -0.4 is 10.6 Å². The third-order valence-electron chi connectivity index (χ3n) is 4.58. The molecule has 4 nitrogen and oxygen atoms in total. The second-order valence-corrected chi connectivity index (χ2v) is 6.20. The van der Waals surface area contributed by atoms with E-state index in [1.807, 2.05) is 24.4 Å². The van der Waals surface area contributed by atoms with Crippen molar-refractivity contribution in [3.63, 3.8) is 0 Å². The molecular weight excluding hydrogens is 248 g/mol. The van der Waals surface area contributed by atoms with E-state index in [0.29, 0.717) is 0 Å². The van der Waals surface area contributed by atoms with Gasteiger partial charge in [-0.3, -0.25) is 0 Å². The second-order valence-electron chi connectivity index (χ2n) is 6.20. The summed E-state index contributed by atoms with van der Waals surface area (Å²) >= 11 is 0. The zero-order valence-electron chi connectivity index (χ0n) is 12.2. The van der Waals surface area contributed by atoms with E-state index in [4.69, 9.17) is 0 Å². The molecule has 2 fully saturated rings. The number of rotatable bonds is 5. The van der Waals surface area contributed by atoms with Crippen LogP contribution >= 0.6 is 0 Å². The normalized spacial score (nSPS) is 24.9. The Balaban J connectivity index is 1.38. The molecule has 20 heavy (non-hydrogen) atoms. The van der Waals surface area contributed by atoms with Crippen LogP contribution in [0, 0.1) is 11.8 Å². The molecule has 0 aliphatic carbocycles. The quantitative estimate of drug-likeness (QED) is 0.859. The molecule has 2 aliphatic rings. The van der Waals surface area contributed by atoms with Gasteiger partial charge >= 0.3 is 0 Å². The van der Waals surface area contributed by atoms with E-state index in [1.165, 1.54) is 52.0 Å². The Bertz CT molecular complexity index is 389. The molecule has 1 aromatic rings. The number of hydrogen-bond acceptors (Lipinski definition) is 4. The van der Waals surface area contributed by atoms with Crippen molar-refractivity contribution in [1.82, 2.24) is 15.2 Å². The summed E-state index contributed by atoms with van der Waals surface area (Å²) in [5, 5.41) is 6.91. The molecule has 2 N–H and O–H groups in total. The van der Waals surface area contributed by atoms with Crippen molar-refractivity contribution in [2.24, 2.45) is 11.8 Å². The number of aromatic nitrogens is 1. The smallest absolute Gasteiger partial charge is 0.125 e. The maximum Gasteiger partial charge on any atom is 0.125 e. The summed E-state index contributed by atoms with van der Waals surface area (Å²) in [7, 11) is 0. The molecule has 1 aromatic heterocycles. The van der Waals surface area contributed by atoms with Gasteiger partial charge in [-0.05, 0) is 62.9 Å². The monoisotopic (exact) mass is 274 g/mol. The molecule has 2 saturated heterocycles. The van der Waals surface area contributed by atoms with Gasteiger partial charge in [0, 0.05) is 25.8 Å². The molecule has 3 heterocycles. The second kappa shape index (κ2) is 7.04. The summed E-state index contributed by atoms with van der Waals surface area (Å²) in [5.74, 6) is 2.70. The standard InChI is InChI=1S/C16H26N4/c1-2-7-18-16(3-1)19-11-15-6-10-20(13-15)12-14-4-8-17-9-5-14/h1-3,7,14-15,17H,4-6,8-13H2,(H,18,19). The van der Waals surface area contributed by atoms with Crippen LogP contribution in [-0.2, 0) is 0 Å². The topological polar surface area (TPSA) is 40.2 Å². The predicted molar refractivity (Wildman–Crippen MR) is 82.9 cm³/mol. The average molecular weight is 274 g/mol. The van der Waals surface area contributed by atoms with Gasteiger partial charge in [0.1, 0.15) is 5.82 Å². The minimum Gasteiger partial charge on any atom is -0.370 e. The summed E-state index contributed by atoms with van der Waals surface area (Å²) in [5.41, 5.74) is 0. The summed E-state index contributed by atoms with van der Waals surface area (Å²) in [6.45, 7) is 7.32. The van der Waals surface area contributed by atoms with Crippen LogP contribution in [0.15, 0.2) is 24.4 Å². The van der Waals surface area contributed by atoms with E-state index in [2.05, 4.69) is 20.5 Å². The molecule has 0 saturated carbocycles. The SMILES string of the molecule is c1ccc(NCC2CCN(CC3CCNCC3)C2)nc1. The fourth-order valence-corrected chi connectivity index (χ4v) is 3.39. The van der Waals surface area contributed by atoms with Crippen LogP contribution in [0.2, 0.25) is 0 Å². The highest BCUT2D eigenvalue weighted by Gasteiger charge is 2.25. The van der Waals surface area contributed by atoms with Crippen molar-refractivity contribution < 1.29 is 0 Å². The lowest BCUT2D eigenvalue weighted by atomic mass is 9.98. The van der Waals surface area contributed by atoms with Gasteiger partial charge in [-0.15, -0.1) is 0 Å². The first-order valence-corrected chi connectivity index (χ1v) is 7.98. The Morgan fingerprint density at radius 2 is 2.10 bits per heavy atom. The highest BCUT2D eigenvalue weighted by atomic mass is 15.2. The molecular formula is C16H26N4. The van der Waals surface area contributed by atoms with Crippen molar-refractivity contribution in [3.8, 4) is 0 Å². The van der Waals surface area contributed by atoms with Crippen molar-refractivity contribution in [2.75, 3.05) is 44.6 Å². The molecule has 0 spiro atoms. The maximum atomic E-state index is 4.32. The van der Waals surface area contributed by atoms with E-state index in [1.54, 1.807) is 0 Å². The minimum atomic E-state index is 0.777. The van der Waals surface area contributed by atoms with Crippen molar-refractivity contribution >= 4 is 5.82 Å². The molecule has 1 atom stereocenters. The third-order valence-corrected chi connectivity index (χ3v) is 4.58. The first kappa shape index (κ1) is 13.8. The molecule has 0 amide bonds. The zero-order chi connectivity index (χ0) is 13.6. The lowest BCUT2D eigenvalue weighted by Gasteiger charge is -2.27. The first-order chi connectivity index (χ1) is 9.90. The van der Waals surface area contributed by atoms with Gasteiger partial charge < -0.3 is 15.5 Å². The molecule has 0 aromatic carbocycles. The fraction of sp³-hybridized carbons (Fsp3) is 0.688. The summed E-state index contributed by atoms with van der Waals surface area (Å²) in [4.78, 5) is 6.99. The molecule has 4 heteroatoms. The Morgan fingerprint density at radius 3 is 2.90 bits per heavy atom. The largest absolute Gasteiger partial charge is 0.370 e. The van der Waals surface area contributed by atoms with Crippen LogP contribution in [0.25, 0.3) is 0 Å². The minimum absolute atomic E-state index is 0.777. The number of pyridine rings is 1. The van der Waals surface area contributed by atoms with Gasteiger partial charge in [0.25, 0.3) is 0 Å². The Labute approximate surface area is 122 Å². The lowest BCUT2D eigenvalue weighted by molar-refractivity contribution is 0.235. The van der Waals surface area contributed by atoms with Gasteiger partial charge in [-0.25, -0.2) is 4.98 Å². The number of hydrogen-bond donors (Lipinski definition) is 2. The highest BCUT2D eigenvalue weighted by molar-refractivity contribution is 5.33. The van der Waals surface area contributed by atoms with Crippen molar-refractivity contribution in [1.29, 1.82) is 0 Å². The van der Waals surface area contributed by atoms with E-state index in [0.717, 1.165) is 24.2 Å². The van der Waals surface area contributed by atoms with Gasteiger partial charge in [0.05, 0.1) is 0 Å². The van der Waals surface area contributed by atoms with Gasteiger partial charge in [0.15, 0.2) is 0 Å². The third kappa shape index (κ3) is 3.93. The fourth-order valence-electron chi connectivity index (χ4n) is 3.39. The van der Waals surface area contributed by atoms with Crippen LogP contribution in [0.4, 0.5) is 5.82 Å². The molecule has 2 aliphatic heterocycles. The van der Waals surface area contributed by atoms with E-state index >= 15 is 0 Å². The summed E-state index contributed by atoms with van der Waals surface area (Å²) in [6.07, 6.45) is 5.88. The van der Waals surface area contributed by atoms with Crippen LogP contribution in [0.3, 0.4) is 0 Å². The summed E-state index contributed by atoms with van der Waals surface area (Å²) < 4.78 is 0. The Hall–Kier alpha value is -1.13. The van der Waals surface area contributed by atoms with Crippen LogP contribution in [-0.4, -0.2) is 49.2 Å². The molecule has 0 bridgehead atoms. The number of likely N-dealkylation sites (tertiary alicyclic amines) is 1. The number of nitrogens with zero attached hydrogens (tertiary/aromatic N) is 2. The van der Waals surface area contributed by atoms with Gasteiger partial charge in [-0.1, -0.05) is 6.07 Å². The van der Waals surface area contributed by atoms with E-state index in [9.17, 15) is 0 Å². The number of nitrogens with one attached hydrogen (secondary N) is 2. The molecule has 0 radical (unpaired) electrons. The lowest BCUT2D eigenvalue weighted by Crippen LogP contribution is -2.35. The van der Waals surface area contributed by atoms with Crippen molar-refractivity contribution in [2.45, 2.75) is 19.3 Å². The molecule has 110 valence electrons. The van der Waals surface area contributed by atoms with E-state index in [-0.39, 0.29) is 0 Å². The predicted octanol–water partition coefficient (Wildman–Crippen LogP) is 1.81. The van der Waals surface area contributed by atoms with Gasteiger partial charge in [0.2, 0.25) is 0 Å². The Kier molecular flexibility index (Phi) is 4.87. The maximum absolute atomic E-state index is 4.32. The van der Waals surface area contributed by atoms with Crippen molar-refractivity contribution in [3.05, 3.63) is 24.4 Å². The van der Waals surface area contributed by atoms with E-state index < -0.39 is 0 Å².